The highest BCUT2D eigenvalue weighted by atomic mass is 16.2. The number of carbonyl (C=O) groups excluding carboxylic acids is 1. The van der Waals surface area contributed by atoms with Crippen molar-refractivity contribution < 1.29 is 4.79 Å². The Kier molecular flexibility index (Phi) is 5.55. The Hall–Kier alpha value is -2.33. The van der Waals surface area contributed by atoms with Crippen molar-refractivity contribution in [1.29, 1.82) is 0 Å². The molecule has 0 saturated carbocycles. The van der Waals surface area contributed by atoms with Crippen molar-refractivity contribution >= 4 is 11.6 Å². The highest BCUT2D eigenvalue weighted by Gasteiger charge is 2.13. The summed E-state index contributed by atoms with van der Waals surface area (Å²) in [6.45, 7) is 3.07. The first-order valence-corrected chi connectivity index (χ1v) is 7.43. The third-order valence-electron chi connectivity index (χ3n) is 3.48. The second-order valence-corrected chi connectivity index (χ2v) is 5.52. The summed E-state index contributed by atoms with van der Waals surface area (Å²) < 4.78 is 0. The maximum absolute atomic E-state index is 11.8. The van der Waals surface area contributed by atoms with E-state index in [1.165, 1.54) is 5.56 Å². The standard InChI is InChI=1S/C18H23N3O/c1-14(19)18(22)21(2)13-16-8-10-17(11-9-16)20-12-15-6-4-3-5-7-15/h3-11,14,20H,12-13,19H2,1-2H3. The van der Waals surface area contributed by atoms with Gasteiger partial charge in [0.15, 0.2) is 0 Å². The Morgan fingerprint density at radius 2 is 1.73 bits per heavy atom. The molecule has 22 heavy (non-hydrogen) atoms. The Morgan fingerprint density at radius 3 is 2.32 bits per heavy atom. The molecule has 0 aromatic heterocycles. The van der Waals surface area contributed by atoms with Crippen molar-refractivity contribution in [2.24, 2.45) is 5.73 Å². The van der Waals surface area contributed by atoms with E-state index in [0.29, 0.717) is 6.54 Å². The Morgan fingerprint density at radius 1 is 1.09 bits per heavy atom. The summed E-state index contributed by atoms with van der Waals surface area (Å²) in [7, 11) is 1.77. The zero-order valence-electron chi connectivity index (χ0n) is 13.1. The number of hydrogen-bond acceptors (Lipinski definition) is 3. The first-order chi connectivity index (χ1) is 10.6. The molecule has 0 saturated heterocycles. The minimum absolute atomic E-state index is 0.0497. The smallest absolute Gasteiger partial charge is 0.239 e. The molecular formula is C18H23N3O. The predicted octanol–water partition coefficient (Wildman–Crippen LogP) is 2.60. The molecule has 3 N–H and O–H groups in total. The van der Waals surface area contributed by atoms with Crippen molar-refractivity contribution in [1.82, 2.24) is 4.90 Å². The summed E-state index contributed by atoms with van der Waals surface area (Å²) in [5.41, 5.74) is 9.00. The topological polar surface area (TPSA) is 58.4 Å². The van der Waals surface area contributed by atoms with E-state index in [1.54, 1.807) is 18.9 Å². The molecule has 4 nitrogen and oxygen atoms in total. The van der Waals surface area contributed by atoms with E-state index in [4.69, 9.17) is 5.73 Å². The van der Waals surface area contributed by atoms with Gasteiger partial charge in [-0.3, -0.25) is 4.79 Å². The van der Waals surface area contributed by atoms with Gasteiger partial charge in [0.25, 0.3) is 0 Å². The number of hydrogen-bond donors (Lipinski definition) is 2. The van der Waals surface area contributed by atoms with Crippen LogP contribution in [-0.4, -0.2) is 23.9 Å². The van der Waals surface area contributed by atoms with E-state index in [0.717, 1.165) is 17.8 Å². The van der Waals surface area contributed by atoms with E-state index >= 15 is 0 Å². The van der Waals surface area contributed by atoms with Crippen LogP contribution in [0.4, 0.5) is 5.69 Å². The second kappa shape index (κ2) is 7.61. The van der Waals surface area contributed by atoms with Crippen LogP contribution in [0.1, 0.15) is 18.1 Å². The van der Waals surface area contributed by atoms with E-state index < -0.39 is 6.04 Å². The molecule has 0 spiro atoms. The summed E-state index contributed by atoms with van der Waals surface area (Å²) in [6, 6.07) is 17.9. The van der Waals surface area contributed by atoms with Crippen LogP contribution in [0.2, 0.25) is 0 Å². The third-order valence-corrected chi connectivity index (χ3v) is 3.48. The summed E-state index contributed by atoms with van der Waals surface area (Å²) in [5, 5.41) is 3.38. The molecule has 0 aliphatic carbocycles. The zero-order chi connectivity index (χ0) is 15.9. The SMILES string of the molecule is CC(N)C(=O)N(C)Cc1ccc(NCc2ccccc2)cc1. The highest BCUT2D eigenvalue weighted by Crippen LogP contribution is 2.12. The number of nitrogens with zero attached hydrogens (tertiary/aromatic N) is 1. The van der Waals surface area contributed by atoms with Crippen LogP contribution in [-0.2, 0) is 17.9 Å². The number of likely N-dealkylation sites (N-methyl/N-ethyl adjacent to an activating group) is 1. The summed E-state index contributed by atoms with van der Waals surface area (Å²) >= 11 is 0. The number of amides is 1. The van der Waals surface area contributed by atoms with Crippen molar-refractivity contribution in [3.63, 3.8) is 0 Å². The van der Waals surface area contributed by atoms with Gasteiger partial charge in [-0.1, -0.05) is 42.5 Å². The van der Waals surface area contributed by atoms with Crippen molar-refractivity contribution in [2.45, 2.75) is 26.1 Å². The lowest BCUT2D eigenvalue weighted by Crippen LogP contribution is -2.39. The Labute approximate surface area is 131 Å². The van der Waals surface area contributed by atoms with Crippen LogP contribution in [0.3, 0.4) is 0 Å². The molecule has 0 aliphatic rings. The van der Waals surface area contributed by atoms with Gasteiger partial charge in [0.1, 0.15) is 0 Å². The predicted molar refractivity (Wildman–Crippen MR) is 90.3 cm³/mol. The fraction of sp³-hybridized carbons (Fsp3) is 0.278. The van der Waals surface area contributed by atoms with Crippen LogP contribution in [0.15, 0.2) is 54.6 Å². The molecule has 1 unspecified atom stereocenters. The van der Waals surface area contributed by atoms with Gasteiger partial charge in [-0.05, 0) is 30.2 Å². The van der Waals surface area contributed by atoms with E-state index in [9.17, 15) is 4.79 Å². The van der Waals surface area contributed by atoms with Crippen molar-refractivity contribution in [2.75, 3.05) is 12.4 Å². The normalized spacial score (nSPS) is 11.8. The largest absolute Gasteiger partial charge is 0.381 e. The van der Waals surface area contributed by atoms with Crippen LogP contribution < -0.4 is 11.1 Å². The van der Waals surface area contributed by atoms with Gasteiger partial charge in [0.2, 0.25) is 5.91 Å². The van der Waals surface area contributed by atoms with Crippen LogP contribution >= 0.6 is 0 Å². The molecule has 0 heterocycles. The third kappa shape index (κ3) is 4.60. The van der Waals surface area contributed by atoms with Gasteiger partial charge in [0, 0.05) is 25.8 Å². The summed E-state index contributed by atoms with van der Waals surface area (Å²) in [6.07, 6.45) is 0. The van der Waals surface area contributed by atoms with Gasteiger partial charge in [-0.25, -0.2) is 0 Å². The van der Waals surface area contributed by atoms with Crippen LogP contribution in [0, 0.1) is 0 Å². The molecule has 1 amide bonds. The Balaban J connectivity index is 1.89. The quantitative estimate of drug-likeness (QED) is 0.861. The van der Waals surface area contributed by atoms with Crippen molar-refractivity contribution in [3.05, 3.63) is 65.7 Å². The molecule has 2 rings (SSSR count). The average Bonchev–Trinajstić information content (AvgIpc) is 2.54. The number of benzene rings is 2. The molecule has 0 fully saturated rings. The monoisotopic (exact) mass is 297 g/mol. The fourth-order valence-electron chi connectivity index (χ4n) is 2.23. The first kappa shape index (κ1) is 16.0. The van der Waals surface area contributed by atoms with Crippen molar-refractivity contribution in [3.8, 4) is 0 Å². The first-order valence-electron chi connectivity index (χ1n) is 7.43. The van der Waals surface area contributed by atoms with Crippen LogP contribution in [0.5, 0.6) is 0 Å². The van der Waals surface area contributed by atoms with E-state index in [2.05, 4.69) is 17.4 Å². The van der Waals surface area contributed by atoms with Gasteiger partial charge < -0.3 is 16.0 Å². The molecule has 4 heteroatoms. The van der Waals surface area contributed by atoms with Gasteiger partial charge in [0.05, 0.1) is 6.04 Å². The highest BCUT2D eigenvalue weighted by molar-refractivity contribution is 5.80. The van der Waals surface area contributed by atoms with Gasteiger partial charge >= 0.3 is 0 Å². The zero-order valence-corrected chi connectivity index (χ0v) is 13.1. The number of nitrogens with one attached hydrogen (secondary N) is 1. The lowest BCUT2D eigenvalue weighted by molar-refractivity contribution is -0.131. The van der Waals surface area contributed by atoms with E-state index in [1.807, 2.05) is 42.5 Å². The Bertz CT molecular complexity index is 593. The maximum atomic E-state index is 11.8. The molecule has 0 radical (unpaired) electrons. The fourth-order valence-corrected chi connectivity index (χ4v) is 2.23. The molecule has 2 aromatic carbocycles. The number of nitrogens with two attached hydrogens (primary N) is 1. The van der Waals surface area contributed by atoms with Gasteiger partial charge in [-0.15, -0.1) is 0 Å². The molecule has 0 aliphatic heterocycles. The lowest BCUT2D eigenvalue weighted by atomic mass is 10.1. The maximum Gasteiger partial charge on any atom is 0.239 e. The molecule has 116 valence electrons. The minimum atomic E-state index is -0.461. The molecular weight excluding hydrogens is 274 g/mol. The summed E-state index contributed by atoms with van der Waals surface area (Å²) in [4.78, 5) is 13.4. The second-order valence-electron chi connectivity index (χ2n) is 5.52. The summed E-state index contributed by atoms with van der Waals surface area (Å²) in [5.74, 6) is -0.0497. The number of anilines is 1. The average molecular weight is 297 g/mol. The number of carbonyl (C=O) groups is 1. The molecule has 2 aromatic rings. The van der Waals surface area contributed by atoms with E-state index in [-0.39, 0.29) is 5.91 Å². The minimum Gasteiger partial charge on any atom is -0.381 e. The molecule has 1 atom stereocenters. The van der Waals surface area contributed by atoms with Crippen LogP contribution in [0.25, 0.3) is 0 Å². The lowest BCUT2D eigenvalue weighted by Gasteiger charge is -2.19. The molecule has 0 bridgehead atoms. The van der Waals surface area contributed by atoms with Gasteiger partial charge in [-0.2, -0.15) is 0 Å². The number of rotatable bonds is 6.